The summed E-state index contributed by atoms with van der Waals surface area (Å²) in [6.45, 7) is 0. The van der Waals surface area contributed by atoms with E-state index in [1.807, 2.05) is 6.07 Å². The van der Waals surface area contributed by atoms with Crippen molar-refractivity contribution in [3.8, 4) is 6.07 Å². The molecule has 0 aliphatic rings. The molecule has 0 aliphatic heterocycles. The Kier molecular flexibility index (Phi) is 4.78. The van der Waals surface area contributed by atoms with Gasteiger partial charge in [-0.1, -0.05) is 30.3 Å². The van der Waals surface area contributed by atoms with E-state index >= 15 is 0 Å². The molecule has 0 amide bonds. The number of para-hydroxylation sites is 1. The summed E-state index contributed by atoms with van der Waals surface area (Å²) in [5, 5.41) is 20.0. The summed E-state index contributed by atoms with van der Waals surface area (Å²) in [5.41, 5.74) is 1.36. The molecule has 0 radical (unpaired) electrons. The standard InChI is InChI=1S/C17H11FN2O2/c18-16-10-8-13(9-11-16)15(12-19)6-3-5-14-4-1-2-7-17(14)20(21)22/h1-11H/b5-3+,15-6-. The van der Waals surface area contributed by atoms with Crippen molar-refractivity contribution in [1.29, 1.82) is 5.26 Å². The molecule has 0 N–H and O–H groups in total. The highest BCUT2D eigenvalue weighted by molar-refractivity contribution is 5.79. The van der Waals surface area contributed by atoms with E-state index in [4.69, 9.17) is 5.26 Å². The van der Waals surface area contributed by atoms with Crippen molar-refractivity contribution in [3.63, 3.8) is 0 Å². The summed E-state index contributed by atoms with van der Waals surface area (Å²) in [5.74, 6) is -0.378. The number of nitro groups is 1. The average Bonchev–Trinajstić information content (AvgIpc) is 2.53. The quantitative estimate of drug-likeness (QED) is 0.364. The maximum atomic E-state index is 12.9. The topological polar surface area (TPSA) is 66.9 Å². The first-order valence-corrected chi connectivity index (χ1v) is 6.39. The number of nitrogens with zero attached hydrogens (tertiary/aromatic N) is 2. The molecule has 22 heavy (non-hydrogen) atoms. The SMILES string of the molecule is N#C/C(=C/C=C/c1ccccc1[N+](=O)[O-])c1ccc(F)cc1. The van der Waals surface area contributed by atoms with E-state index in [-0.39, 0.29) is 11.5 Å². The van der Waals surface area contributed by atoms with Gasteiger partial charge < -0.3 is 0 Å². The van der Waals surface area contributed by atoms with Crippen molar-refractivity contribution in [3.05, 3.63) is 87.7 Å². The molecule has 4 nitrogen and oxygen atoms in total. The molecule has 108 valence electrons. The second kappa shape index (κ2) is 6.95. The van der Waals surface area contributed by atoms with Gasteiger partial charge in [0.05, 0.1) is 22.1 Å². The zero-order valence-electron chi connectivity index (χ0n) is 11.4. The fourth-order valence-corrected chi connectivity index (χ4v) is 1.87. The summed E-state index contributed by atoms with van der Waals surface area (Å²) < 4.78 is 12.9. The third-order valence-corrected chi connectivity index (χ3v) is 2.95. The number of halogens is 1. The summed E-state index contributed by atoms with van der Waals surface area (Å²) >= 11 is 0. The highest BCUT2D eigenvalue weighted by Crippen LogP contribution is 2.20. The van der Waals surface area contributed by atoms with Gasteiger partial charge >= 0.3 is 0 Å². The maximum Gasteiger partial charge on any atom is 0.276 e. The zero-order chi connectivity index (χ0) is 15.9. The second-order valence-electron chi connectivity index (χ2n) is 4.37. The van der Waals surface area contributed by atoms with Crippen LogP contribution in [0.5, 0.6) is 0 Å². The van der Waals surface area contributed by atoms with Crippen molar-refractivity contribution < 1.29 is 9.31 Å². The van der Waals surface area contributed by atoms with Gasteiger partial charge in [0, 0.05) is 6.07 Å². The van der Waals surface area contributed by atoms with Crippen LogP contribution in [0.25, 0.3) is 11.6 Å². The third kappa shape index (κ3) is 3.64. The minimum absolute atomic E-state index is 0.00700. The Labute approximate surface area is 126 Å². The molecule has 0 heterocycles. The summed E-state index contributed by atoms with van der Waals surface area (Å²) in [6, 6.07) is 13.9. The average molecular weight is 294 g/mol. The van der Waals surface area contributed by atoms with Crippen LogP contribution in [-0.4, -0.2) is 4.92 Å². The van der Waals surface area contributed by atoms with Crippen LogP contribution in [0.1, 0.15) is 11.1 Å². The van der Waals surface area contributed by atoms with Crippen LogP contribution >= 0.6 is 0 Å². The van der Waals surface area contributed by atoms with Crippen LogP contribution in [0.3, 0.4) is 0 Å². The van der Waals surface area contributed by atoms with Gasteiger partial charge in [-0.15, -0.1) is 0 Å². The minimum Gasteiger partial charge on any atom is -0.258 e. The van der Waals surface area contributed by atoms with Gasteiger partial charge in [0.25, 0.3) is 5.69 Å². The summed E-state index contributed by atoms with van der Waals surface area (Å²) in [6.07, 6.45) is 4.65. The third-order valence-electron chi connectivity index (χ3n) is 2.95. The van der Waals surface area contributed by atoms with Crippen LogP contribution in [0.15, 0.2) is 60.7 Å². The molecule has 2 rings (SSSR count). The van der Waals surface area contributed by atoms with E-state index in [1.165, 1.54) is 36.4 Å². The van der Waals surface area contributed by atoms with E-state index in [0.29, 0.717) is 16.7 Å². The first kappa shape index (κ1) is 15.1. The molecule has 0 aliphatic carbocycles. The predicted octanol–water partition coefficient (Wildman–Crippen LogP) is 4.35. The molecule has 0 aromatic heterocycles. The van der Waals surface area contributed by atoms with Crippen molar-refractivity contribution in [1.82, 2.24) is 0 Å². The van der Waals surface area contributed by atoms with Gasteiger partial charge in [-0.05, 0) is 35.9 Å². The van der Waals surface area contributed by atoms with Gasteiger partial charge in [-0.2, -0.15) is 5.26 Å². The first-order chi connectivity index (χ1) is 10.6. The van der Waals surface area contributed by atoms with Gasteiger partial charge in [0.2, 0.25) is 0 Å². The van der Waals surface area contributed by atoms with E-state index < -0.39 is 4.92 Å². The molecule has 0 bridgehead atoms. The lowest BCUT2D eigenvalue weighted by Gasteiger charge is -1.98. The van der Waals surface area contributed by atoms with Crippen LogP contribution in [0, 0.1) is 27.3 Å². The summed E-state index contributed by atoms with van der Waals surface area (Å²) in [7, 11) is 0. The highest BCUT2D eigenvalue weighted by atomic mass is 19.1. The Morgan fingerprint density at radius 1 is 1.18 bits per heavy atom. The van der Waals surface area contributed by atoms with Crippen LogP contribution < -0.4 is 0 Å². The number of nitriles is 1. The van der Waals surface area contributed by atoms with Crippen LogP contribution in [0.4, 0.5) is 10.1 Å². The van der Waals surface area contributed by atoms with E-state index in [1.54, 1.807) is 30.4 Å². The Morgan fingerprint density at radius 2 is 1.86 bits per heavy atom. The van der Waals surface area contributed by atoms with Gasteiger partial charge in [0.15, 0.2) is 0 Å². The normalized spacial score (nSPS) is 11.4. The van der Waals surface area contributed by atoms with Crippen molar-refractivity contribution >= 4 is 17.3 Å². The molecular weight excluding hydrogens is 283 g/mol. The molecule has 0 atom stereocenters. The zero-order valence-corrected chi connectivity index (χ0v) is 11.4. The largest absolute Gasteiger partial charge is 0.276 e. The minimum atomic E-state index is -0.464. The Bertz CT molecular complexity index is 787. The van der Waals surface area contributed by atoms with Gasteiger partial charge in [-0.25, -0.2) is 4.39 Å². The number of benzene rings is 2. The van der Waals surface area contributed by atoms with Crippen molar-refractivity contribution in [2.75, 3.05) is 0 Å². The molecule has 5 heteroatoms. The molecule has 0 spiro atoms. The highest BCUT2D eigenvalue weighted by Gasteiger charge is 2.08. The molecular formula is C17H11FN2O2. The monoisotopic (exact) mass is 294 g/mol. The van der Waals surface area contributed by atoms with Crippen LogP contribution in [0.2, 0.25) is 0 Å². The number of hydrogen-bond donors (Lipinski definition) is 0. The Balaban J connectivity index is 2.28. The fourth-order valence-electron chi connectivity index (χ4n) is 1.87. The number of rotatable bonds is 4. The van der Waals surface area contributed by atoms with E-state index in [0.717, 1.165) is 0 Å². The Morgan fingerprint density at radius 3 is 2.50 bits per heavy atom. The lowest BCUT2D eigenvalue weighted by atomic mass is 10.1. The number of nitro benzene ring substituents is 1. The maximum absolute atomic E-state index is 12.9. The lowest BCUT2D eigenvalue weighted by Crippen LogP contribution is -1.90. The van der Waals surface area contributed by atoms with E-state index in [9.17, 15) is 14.5 Å². The summed E-state index contributed by atoms with van der Waals surface area (Å²) in [4.78, 5) is 10.4. The molecule has 2 aromatic rings. The fraction of sp³-hybridized carbons (Fsp3) is 0. The molecule has 0 fully saturated rings. The van der Waals surface area contributed by atoms with Gasteiger partial charge in [0.1, 0.15) is 5.82 Å². The van der Waals surface area contributed by atoms with E-state index in [2.05, 4.69) is 0 Å². The second-order valence-corrected chi connectivity index (χ2v) is 4.37. The molecule has 0 unspecified atom stereocenters. The predicted molar refractivity (Wildman–Crippen MR) is 82.1 cm³/mol. The lowest BCUT2D eigenvalue weighted by molar-refractivity contribution is -0.385. The molecule has 0 saturated heterocycles. The van der Waals surface area contributed by atoms with Gasteiger partial charge in [-0.3, -0.25) is 10.1 Å². The molecule has 0 saturated carbocycles. The molecule has 2 aromatic carbocycles. The van der Waals surface area contributed by atoms with Crippen molar-refractivity contribution in [2.24, 2.45) is 0 Å². The first-order valence-electron chi connectivity index (χ1n) is 6.39. The Hall–Kier alpha value is -3.26. The van der Waals surface area contributed by atoms with Crippen molar-refractivity contribution in [2.45, 2.75) is 0 Å². The van der Waals surface area contributed by atoms with Crippen LogP contribution in [-0.2, 0) is 0 Å². The number of allylic oxidation sites excluding steroid dienone is 3. The smallest absolute Gasteiger partial charge is 0.258 e. The number of hydrogen-bond acceptors (Lipinski definition) is 3.